The number of rotatable bonds is 4. The maximum Gasteiger partial charge on any atom is 0.272 e. The molecule has 2 fully saturated rings. The molecule has 5 heteroatoms. The highest BCUT2D eigenvalue weighted by Crippen LogP contribution is 2.43. The smallest absolute Gasteiger partial charge is 0.272 e. The number of nitrogens with two attached hydrogens (primary N) is 1. The summed E-state index contributed by atoms with van der Waals surface area (Å²) in [6.45, 7) is 2.50. The maximum atomic E-state index is 11.0. The minimum absolute atomic E-state index is 0.112. The lowest BCUT2D eigenvalue weighted by Gasteiger charge is -2.30. The van der Waals surface area contributed by atoms with Gasteiger partial charge in [0, 0.05) is 23.8 Å². The molecule has 1 saturated heterocycles. The molecule has 0 aromatic heterocycles. The third kappa shape index (κ3) is 2.31. The van der Waals surface area contributed by atoms with Gasteiger partial charge in [-0.25, -0.2) is 0 Å². The first kappa shape index (κ1) is 13.5. The minimum Gasteiger partial charge on any atom is -0.376 e. The Morgan fingerprint density at radius 1 is 1.50 bits per heavy atom. The Bertz CT molecular complexity index is 542. The minimum atomic E-state index is -0.374. The van der Waals surface area contributed by atoms with E-state index < -0.39 is 0 Å². The molecule has 2 aliphatic rings. The van der Waals surface area contributed by atoms with Crippen LogP contribution >= 0.6 is 0 Å². The number of benzene rings is 1. The second-order valence-electron chi connectivity index (χ2n) is 6.11. The van der Waals surface area contributed by atoms with Gasteiger partial charge in [-0.1, -0.05) is 12.1 Å². The molecular weight excluding hydrogens is 256 g/mol. The van der Waals surface area contributed by atoms with Crippen LogP contribution in [0.4, 0.5) is 5.69 Å². The predicted molar refractivity (Wildman–Crippen MR) is 75.5 cm³/mol. The zero-order chi connectivity index (χ0) is 14.3. The third-order valence-electron chi connectivity index (χ3n) is 4.62. The molecular formula is C15H20N2O3. The Morgan fingerprint density at radius 3 is 2.90 bits per heavy atom. The molecule has 108 valence electrons. The fraction of sp³-hybridized carbons (Fsp3) is 0.600. The van der Waals surface area contributed by atoms with Crippen molar-refractivity contribution in [2.75, 3.05) is 6.61 Å². The standard InChI is InChI=1S/C15H20N2O3/c1-10-12(3-2-4-13(10)17(18)19)9-15(16)7-8-20-14(15)11-5-6-11/h2-4,11,14H,5-9,16H2,1H3. The van der Waals surface area contributed by atoms with Crippen molar-refractivity contribution in [1.29, 1.82) is 0 Å². The highest BCUT2D eigenvalue weighted by atomic mass is 16.6. The van der Waals surface area contributed by atoms with E-state index in [9.17, 15) is 10.1 Å². The topological polar surface area (TPSA) is 78.4 Å². The molecule has 3 rings (SSSR count). The Labute approximate surface area is 118 Å². The summed E-state index contributed by atoms with van der Waals surface area (Å²) >= 11 is 0. The van der Waals surface area contributed by atoms with Gasteiger partial charge in [0.2, 0.25) is 0 Å². The molecule has 1 heterocycles. The van der Waals surface area contributed by atoms with Crippen LogP contribution in [0.2, 0.25) is 0 Å². The monoisotopic (exact) mass is 276 g/mol. The van der Waals surface area contributed by atoms with Crippen LogP contribution in [0.1, 0.15) is 30.4 Å². The summed E-state index contributed by atoms with van der Waals surface area (Å²) in [4.78, 5) is 10.7. The van der Waals surface area contributed by atoms with E-state index in [1.54, 1.807) is 19.1 Å². The van der Waals surface area contributed by atoms with E-state index in [-0.39, 0.29) is 22.3 Å². The normalized spacial score (nSPS) is 29.6. The summed E-state index contributed by atoms with van der Waals surface area (Å²) in [5.41, 5.74) is 8.07. The fourth-order valence-electron chi connectivity index (χ4n) is 3.29. The Morgan fingerprint density at radius 2 is 2.25 bits per heavy atom. The number of nitro benzene ring substituents is 1. The average molecular weight is 276 g/mol. The fourth-order valence-corrected chi connectivity index (χ4v) is 3.29. The van der Waals surface area contributed by atoms with Crippen LogP contribution in [-0.4, -0.2) is 23.2 Å². The Kier molecular flexibility index (Phi) is 3.26. The molecule has 0 radical (unpaired) electrons. The van der Waals surface area contributed by atoms with E-state index in [1.807, 2.05) is 6.07 Å². The Balaban J connectivity index is 1.87. The Hall–Kier alpha value is -1.46. The maximum absolute atomic E-state index is 11.0. The van der Waals surface area contributed by atoms with Gasteiger partial charge < -0.3 is 10.5 Å². The predicted octanol–water partition coefficient (Wildman–Crippen LogP) is 2.34. The first-order valence-electron chi connectivity index (χ1n) is 7.14. The molecule has 2 unspecified atom stereocenters. The van der Waals surface area contributed by atoms with Gasteiger partial charge in [-0.2, -0.15) is 0 Å². The average Bonchev–Trinajstić information content (AvgIpc) is 3.15. The van der Waals surface area contributed by atoms with Gasteiger partial charge in [0.05, 0.1) is 11.0 Å². The second-order valence-corrected chi connectivity index (χ2v) is 6.11. The summed E-state index contributed by atoms with van der Waals surface area (Å²) in [5, 5.41) is 11.0. The van der Waals surface area contributed by atoms with Gasteiger partial charge in [0.25, 0.3) is 5.69 Å². The van der Waals surface area contributed by atoms with Crippen LogP contribution in [0, 0.1) is 23.0 Å². The highest BCUT2D eigenvalue weighted by Gasteiger charge is 2.48. The van der Waals surface area contributed by atoms with Crippen molar-refractivity contribution in [2.24, 2.45) is 11.7 Å². The molecule has 5 nitrogen and oxygen atoms in total. The molecule has 1 aromatic carbocycles. The molecule has 1 aliphatic carbocycles. The zero-order valence-electron chi connectivity index (χ0n) is 11.7. The summed E-state index contributed by atoms with van der Waals surface area (Å²) in [6.07, 6.45) is 3.98. The third-order valence-corrected chi connectivity index (χ3v) is 4.62. The van der Waals surface area contributed by atoms with Crippen LogP contribution in [0.15, 0.2) is 18.2 Å². The SMILES string of the molecule is Cc1c(CC2(N)CCOC2C2CC2)cccc1[N+](=O)[O-]. The van der Waals surface area contributed by atoms with Gasteiger partial charge in [-0.05, 0) is 44.1 Å². The van der Waals surface area contributed by atoms with Crippen molar-refractivity contribution in [3.8, 4) is 0 Å². The van der Waals surface area contributed by atoms with Crippen LogP contribution in [-0.2, 0) is 11.2 Å². The van der Waals surface area contributed by atoms with Crippen molar-refractivity contribution >= 4 is 5.69 Å². The molecule has 0 spiro atoms. The molecule has 0 bridgehead atoms. The van der Waals surface area contributed by atoms with E-state index in [4.69, 9.17) is 10.5 Å². The second kappa shape index (κ2) is 4.82. The molecule has 1 aliphatic heterocycles. The van der Waals surface area contributed by atoms with E-state index in [0.717, 1.165) is 17.5 Å². The van der Waals surface area contributed by atoms with Gasteiger partial charge in [0.15, 0.2) is 0 Å². The summed E-state index contributed by atoms with van der Waals surface area (Å²) < 4.78 is 5.82. The van der Waals surface area contributed by atoms with Crippen molar-refractivity contribution in [3.05, 3.63) is 39.4 Å². The van der Waals surface area contributed by atoms with E-state index in [1.165, 1.54) is 12.8 Å². The first-order chi connectivity index (χ1) is 9.51. The van der Waals surface area contributed by atoms with Crippen LogP contribution < -0.4 is 5.73 Å². The van der Waals surface area contributed by atoms with Crippen LogP contribution in [0.3, 0.4) is 0 Å². The van der Waals surface area contributed by atoms with Gasteiger partial charge in [-0.15, -0.1) is 0 Å². The number of nitrogens with zero attached hydrogens (tertiary/aromatic N) is 1. The molecule has 1 aromatic rings. The lowest BCUT2D eigenvalue weighted by atomic mass is 9.82. The van der Waals surface area contributed by atoms with E-state index in [2.05, 4.69) is 0 Å². The van der Waals surface area contributed by atoms with Crippen molar-refractivity contribution in [1.82, 2.24) is 0 Å². The number of nitro groups is 1. The number of ether oxygens (including phenoxy) is 1. The number of hydrogen-bond donors (Lipinski definition) is 1. The van der Waals surface area contributed by atoms with Gasteiger partial charge in [0.1, 0.15) is 0 Å². The summed E-state index contributed by atoms with van der Waals surface area (Å²) in [7, 11) is 0. The molecule has 1 saturated carbocycles. The molecule has 20 heavy (non-hydrogen) atoms. The van der Waals surface area contributed by atoms with Crippen LogP contribution in [0.25, 0.3) is 0 Å². The summed E-state index contributed by atoms with van der Waals surface area (Å²) in [5.74, 6) is 0.585. The van der Waals surface area contributed by atoms with E-state index >= 15 is 0 Å². The lowest BCUT2D eigenvalue weighted by molar-refractivity contribution is -0.385. The van der Waals surface area contributed by atoms with Gasteiger partial charge in [-0.3, -0.25) is 10.1 Å². The molecule has 2 atom stereocenters. The molecule has 0 amide bonds. The highest BCUT2D eigenvalue weighted by molar-refractivity contribution is 5.45. The van der Waals surface area contributed by atoms with Crippen molar-refractivity contribution in [3.63, 3.8) is 0 Å². The van der Waals surface area contributed by atoms with E-state index in [0.29, 0.717) is 18.9 Å². The largest absolute Gasteiger partial charge is 0.376 e. The van der Waals surface area contributed by atoms with Crippen LogP contribution in [0.5, 0.6) is 0 Å². The van der Waals surface area contributed by atoms with Crippen molar-refractivity contribution < 1.29 is 9.66 Å². The summed E-state index contributed by atoms with van der Waals surface area (Å²) in [6, 6.07) is 5.23. The van der Waals surface area contributed by atoms with Crippen molar-refractivity contribution in [2.45, 2.75) is 44.2 Å². The molecule has 2 N–H and O–H groups in total. The zero-order valence-corrected chi connectivity index (χ0v) is 11.7. The first-order valence-corrected chi connectivity index (χ1v) is 7.14. The number of hydrogen-bond acceptors (Lipinski definition) is 4. The van der Waals surface area contributed by atoms with Gasteiger partial charge >= 0.3 is 0 Å². The lowest BCUT2D eigenvalue weighted by Crippen LogP contribution is -2.50. The quantitative estimate of drug-likeness (QED) is 0.676.